The lowest BCUT2D eigenvalue weighted by molar-refractivity contribution is 0.162. The van der Waals surface area contributed by atoms with Crippen LogP contribution in [-0.2, 0) is 9.47 Å². The lowest BCUT2D eigenvalue weighted by atomic mass is 10.0. The molecule has 16 heteroatoms. The highest BCUT2D eigenvalue weighted by atomic mass is 127. The molecule has 74 heavy (non-hydrogen) atoms. The number of H-pyrrole nitrogens is 2. The molecule has 8 bridgehead atoms. The Bertz CT molecular complexity index is 3480. The van der Waals surface area contributed by atoms with Crippen molar-refractivity contribution in [2.24, 2.45) is 21.5 Å². The number of rotatable bonds is 12. The van der Waals surface area contributed by atoms with Crippen molar-refractivity contribution in [1.82, 2.24) is 19.9 Å². The van der Waals surface area contributed by atoms with Gasteiger partial charge in [-0.1, -0.05) is 112 Å². The molecule has 3 aromatic heterocycles. The SMILES string of the molecule is C[Si](C)(C)CCOC(=O)/N=C(/N)c1ccc(-c2c3nc(c(-c4cccc(I)c4)c4ccc([nH]4)c(-c4ccc(/C(N)=N\C(=O)OCC[Si](C)(C)C)cc4)c4ccc([nH]4)c(-c4cccc(I)c4)c4nc2C=C4)C=C3)cc1. The first-order valence-electron chi connectivity index (χ1n) is 24.3. The number of nitrogens with one attached hydrogen (secondary N) is 2. The van der Waals surface area contributed by atoms with Gasteiger partial charge in [-0.2, -0.15) is 9.98 Å². The monoisotopic (exact) mass is 1240 g/mol. The summed E-state index contributed by atoms with van der Waals surface area (Å²) < 4.78 is 13.0. The lowest BCUT2D eigenvalue weighted by Gasteiger charge is -2.14. The summed E-state index contributed by atoms with van der Waals surface area (Å²) >= 11 is 4.70. The van der Waals surface area contributed by atoms with Gasteiger partial charge in [-0.3, -0.25) is 0 Å². The van der Waals surface area contributed by atoms with Crippen LogP contribution in [0.4, 0.5) is 9.59 Å². The molecule has 0 saturated heterocycles. The highest BCUT2D eigenvalue weighted by Gasteiger charge is 2.21. The van der Waals surface area contributed by atoms with Crippen LogP contribution in [0.2, 0.25) is 51.4 Å². The predicted octanol–water partition coefficient (Wildman–Crippen LogP) is 14.9. The van der Waals surface area contributed by atoms with E-state index in [1.165, 1.54) is 0 Å². The third-order valence-corrected chi connectivity index (χ3v) is 17.2. The number of hydrogen-bond donors (Lipinski definition) is 4. The highest BCUT2D eigenvalue weighted by Crippen LogP contribution is 2.39. The molecule has 0 saturated carbocycles. The molecule has 2 amide bonds. The van der Waals surface area contributed by atoms with Crippen molar-refractivity contribution >= 4 is 132 Å². The summed E-state index contributed by atoms with van der Waals surface area (Å²) in [6, 6.07) is 42.2. The van der Waals surface area contributed by atoms with Crippen molar-refractivity contribution in [3.63, 3.8) is 0 Å². The molecule has 5 heterocycles. The van der Waals surface area contributed by atoms with Gasteiger partial charge in [0, 0.05) is 78.7 Å². The fraction of sp³-hybridized carbons (Fsp3) is 0.172. The Balaban J connectivity index is 1.25. The molecule has 374 valence electrons. The molecule has 6 N–H and O–H groups in total. The topological polar surface area (TPSA) is 187 Å². The Kier molecular flexibility index (Phi) is 15.5. The second kappa shape index (κ2) is 22.0. The number of amides is 2. The van der Waals surface area contributed by atoms with Gasteiger partial charge >= 0.3 is 12.2 Å². The van der Waals surface area contributed by atoms with E-state index in [2.05, 4.69) is 189 Å². The Labute approximate surface area is 459 Å². The van der Waals surface area contributed by atoms with Gasteiger partial charge in [-0.05, 0) is 152 Å². The summed E-state index contributed by atoms with van der Waals surface area (Å²) in [5.41, 5.74) is 27.7. The molecule has 0 atom stereocenters. The zero-order valence-corrected chi connectivity index (χ0v) is 48.3. The van der Waals surface area contributed by atoms with E-state index in [1.807, 2.05) is 60.7 Å². The second-order valence-corrected chi connectivity index (χ2v) is 34.3. The summed E-state index contributed by atoms with van der Waals surface area (Å²) in [4.78, 5) is 52.0. The van der Waals surface area contributed by atoms with Gasteiger partial charge in [0.25, 0.3) is 0 Å². The van der Waals surface area contributed by atoms with Gasteiger partial charge in [-0.15, -0.1) is 0 Å². The number of amidine groups is 2. The van der Waals surface area contributed by atoms with E-state index in [4.69, 9.17) is 30.9 Å². The number of carbonyl (C=O) groups excluding carboxylic acids is 2. The van der Waals surface area contributed by atoms with E-state index in [9.17, 15) is 9.59 Å². The summed E-state index contributed by atoms with van der Waals surface area (Å²) in [7, 11) is -2.79. The van der Waals surface area contributed by atoms with Crippen LogP contribution in [0.15, 0.2) is 131 Å². The molecule has 0 fully saturated rings. The van der Waals surface area contributed by atoms with Crippen molar-refractivity contribution in [3.8, 4) is 44.5 Å². The third kappa shape index (κ3) is 12.4. The smallest absolute Gasteiger partial charge is 0.435 e. The van der Waals surface area contributed by atoms with Crippen LogP contribution < -0.4 is 11.5 Å². The molecule has 9 rings (SSSR count). The minimum absolute atomic E-state index is 0.0720. The zero-order chi connectivity index (χ0) is 52.3. The van der Waals surface area contributed by atoms with E-state index < -0.39 is 28.3 Å². The number of halogens is 2. The molecular weight excluding hydrogens is 1180 g/mol. The maximum absolute atomic E-state index is 12.7. The zero-order valence-electron chi connectivity index (χ0n) is 42.0. The molecule has 7 aromatic rings. The van der Waals surface area contributed by atoms with Gasteiger partial charge < -0.3 is 30.9 Å². The molecular formula is C58H56I2N8O4Si2. The minimum atomic E-state index is -1.40. The van der Waals surface area contributed by atoms with E-state index in [0.29, 0.717) is 24.3 Å². The normalized spacial score (nSPS) is 12.8. The van der Waals surface area contributed by atoms with Crippen molar-refractivity contribution in [2.75, 3.05) is 13.2 Å². The highest BCUT2D eigenvalue weighted by molar-refractivity contribution is 14.1. The predicted molar refractivity (Wildman–Crippen MR) is 326 cm³/mol. The first kappa shape index (κ1) is 52.1. The molecule has 12 nitrogen and oxygen atoms in total. The van der Waals surface area contributed by atoms with Crippen molar-refractivity contribution in [1.29, 1.82) is 0 Å². The Hall–Kier alpha value is -6.75. The van der Waals surface area contributed by atoms with E-state index >= 15 is 0 Å². The van der Waals surface area contributed by atoms with E-state index in [1.54, 1.807) is 0 Å². The number of nitrogens with zero attached hydrogens (tertiary/aromatic N) is 4. The largest absolute Gasteiger partial charge is 0.448 e. The average molecular weight is 1240 g/mol. The van der Waals surface area contributed by atoms with Gasteiger partial charge in [0.1, 0.15) is 11.7 Å². The molecule has 4 aromatic carbocycles. The number of aliphatic imine (C=N–C) groups is 2. The van der Waals surface area contributed by atoms with Crippen LogP contribution >= 0.6 is 45.2 Å². The Morgan fingerprint density at radius 1 is 0.486 bits per heavy atom. The van der Waals surface area contributed by atoms with Gasteiger partial charge in [-0.25, -0.2) is 19.6 Å². The molecule has 2 aliphatic rings. The quantitative estimate of drug-likeness (QED) is 0.0403. The standard InChI is InChI=1S/C58H56I2N8O4Si2/c1-73(2,3)31-29-71-57(69)67-55(61)37-17-13-35(14-18-37)51-43-21-25-47(63-43)53(39-9-7-11-41(59)33-39)49-27-23-45(65-49)52(36-15-19-38(20-16-36)56(62)68-58(70)72-30-32-74(4,5)6)46-24-28-50(66-46)54(48-26-22-44(51)64-48)40-10-8-12-42(60)34-40/h7-28,33-34,63-64H,29-32H2,1-6H3,(H2,61,67,69)(H2,62,68,70). The average Bonchev–Trinajstić information content (AvgIpc) is 4.20. The number of aromatic amines is 2. The third-order valence-electron chi connectivity index (χ3n) is 12.5. The number of ether oxygens (including phenoxy) is 2. The second-order valence-electron chi connectivity index (χ2n) is 20.5. The van der Waals surface area contributed by atoms with Gasteiger partial charge in [0.15, 0.2) is 0 Å². The number of hydrogen-bond acceptors (Lipinski definition) is 6. The van der Waals surface area contributed by atoms with Crippen molar-refractivity contribution < 1.29 is 19.1 Å². The van der Waals surface area contributed by atoms with Crippen LogP contribution in [0.3, 0.4) is 0 Å². The number of benzene rings is 4. The summed E-state index contributed by atoms with van der Waals surface area (Å²) in [5.74, 6) is 0.153. The van der Waals surface area contributed by atoms with Crippen LogP contribution in [0.25, 0.3) is 90.9 Å². The molecule has 2 aliphatic heterocycles. The summed E-state index contributed by atoms with van der Waals surface area (Å²) in [5, 5.41) is 0. The van der Waals surface area contributed by atoms with Crippen LogP contribution in [0.5, 0.6) is 0 Å². The fourth-order valence-corrected chi connectivity index (χ4v) is 11.1. The van der Waals surface area contributed by atoms with Crippen molar-refractivity contribution in [3.05, 3.63) is 162 Å². The molecule has 0 aliphatic carbocycles. The maximum Gasteiger partial charge on any atom is 0.435 e. The van der Waals surface area contributed by atoms with E-state index in [-0.39, 0.29) is 11.7 Å². The summed E-state index contributed by atoms with van der Waals surface area (Å²) in [6.45, 7) is 14.0. The van der Waals surface area contributed by atoms with Crippen LogP contribution in [0.1, 0.15) is 33.9 Å². The van der Waals surface area contributed by atoms with Gasteiger partial charge in [0.05, 0.1) is 36.0 Å². The molecule has 0 spiro atoms. The van der Waals surface area contributed by atoms with Crippen molar-refractivity contribution in [2.45, 2.75) is 51.4 Å². The first-order valence-corrected chi connectivity index (χ1v) is 33.8. The van der Waals surface area contributed by atoms with E-state index in [0.717, 1.165) is 109 Å². The maximum atomic E-state index is 12.7. The number of aromatic nitrogens is 4. The molecule has 0 radical (unpaired) electrons. The fourth-order valence-electron chi connectivity index (χ4n) is 8.60. The van der Waals surface area contributed by atoms with Gasteiger partial charge in [0.2, 0.25) is 0 Å². The van der Waals surface area contributed by atoms with Crippen LogP contribution in [0, 0.1) is 7.14 Å². The first-order chi connectivity index (χ1) is 35.4. The summed E-state index contributed by atoms with van der Waals surface area (Å²) in [6.07, 6.45) is 6.78. The Morgan fingerprint density at radius 2 is 0.838 bits per heavy atom. The Morgan fingerprint density at radius 3 is 1.20 bits per heavy atom. The lowest BCUT2D eigenvalue weighted by Crippen LogP contribution is -2.23. The number of fused-ring (bicyclic) bond motifs is 8. The molecule has 0 unspecified atom stereocenters. The number of nitrogens with two attached hydrogens (primary N) is 2. The van der Waals surface area contributed by atoms with Crippen LogP contribution in [-0.4, -0.2) is 73.2 Å². The number of carbonyl (C=O) groups is 2. The minimum Gasteiger partial charge on any atom is -0.448 e.